The Morgan fingerprint density at radius 1 is 1.61 bits per heavy atom. The van der Waals surface area contributed by atoms with Crippen molar-refractivity contribution in [3.63, 3.8) is 0 Å². The predicted octanol–water partition coefficient (Wildman–Crippen LogP) is 3.00. The molecule has 1 N–H and O–H groups in total. The van der Waals surface area contributed by atoms with Gasteiger partial charge in [0, 0.05) is 31.9 Å². The van der Waals surface area contributed by atoms with E-state index < -0.39 is 0 Å². The Labute approximate surface area is 114 Å². The molecule has 1 aromatic rings. The molecule has 1 heterocycles. The second kappa shape index (κ2) is 6.21. The summed E-state index contributed by atoms with van der Waals surface area (Å²) in [5, 5.41) is 4.18. The van der Waals surface area contributed by atoms with Crippen LogP contribution in [0.3, 0.4) is 0 Å². The van der Waals surface area contributed by atoms with Gasteiger partial charge in [-0.3, -0.25) is 0 Å². The SMILES string of the molecule is C=CCN(CC)c1ncc(CNC2CC2)cc1Cl. The van der Waals surface area contributed by atoms with Crippen LogP contribution in [0.1, 0.15) is 25.3 Å². The van der Waals surface area contributed by atoms with E-state index >= 15 is 0 Å². The third kappa shape index (κ3) is 3.47. The van der Waals surface area contributed by atoms with Crippen molar-refractivity contribution in [2.24, 2.45) is 0 Å². The van der Waals surface area contributed by atoms with Crippen LogP contribution >= 0.6 is 11.6 Å². The smallest absolute Gasteiger partial charge is 0.147 e. The molecule has 1 saturated carbocycles. The lowest BCUT2D eigenvalue weighted by Gasteiger charge is -2.21. The number of nitrogens with one attached hydrogen (secondary N) is 1. The highest BCUT2D eigenvalue weighted by atomic mass is 35.5. The van der Waals surface area contributed by atoms with E-state index in [9.17, 15) is 0 Å². The summed E-state index contributed by atoms with van der Waals surface area (Å²) in [5.74, 6) is 0.842. The maximum atomic E-state index is 6.30. The molecule has 0 aliphatic heterocycles. The molecule has 0 spiro atoms. The van der Waals surface area contributed by atoms with Crippen molar-refractivity contribution in [1.82, 2.24) is 10.3 Å². The van der Waals surface area contributed by atoms with Gasteiger partial charge in [-0.05, 0) is 31.4 Å². The number of hydrogen-bond acceptors (Lipinski definition) is 3. The maximum absolute atomic E-state index is 6.30. The molecule has 0 radical (unpaired) electrons. The van der Waals surface area contributed by atoms with Gasteiger partial charge in [-0.15, -0.1) is 6.58 Å². The first-order valence-corrected chi connectivity index (χ1v) is 6.86. The number of aromatic nitrogens is 1. The summed E-state index contributed by atoms with van der Waals surface area (Å²) in [6.07, 6.45) is 6.36. The fraction of sp³-hybridized carbons (Fsp3) is 0.500. The van der Waals surface area contributed by atoms with Crippen LogP contribution in [0.5, 0.6) is 0 Å². The van der Waals surface area contributed by atoms with E-state index in [4.69, 9.17) is 11.6 Å². The van der Waals surface area contributed by atoms with Gasteiger partial charge in [0.2, 0.25) is 0 Å². The molecular formula is C14H20ClN3. The van der Waals surface area contributed by atoms with Crippen molar-refractivity contribution in [3.8, 4) is 0 Å². The molecule has 1 aromatic heterocycles. The molecule has 0 amide bonds. The lowest BCUT2D eigenvalue weighted by atomic mass is 10.2. The van der Waals surface area contributed by atoms with Gasteiger partial charge in [-0.2, -0.15) is 0 Å². The van der Waals surface area contributed by atoms with Crippen molar-refractivity contribution >= 4 is 17.4 Å². The zero-order chi connectivity index (χ0) is 13.0. The Morgan fingerprint density at radius 2 is 2.39 bits per heavy atom. The summed E-state index contributed by atoms with van der Waals surface area (Å²) in [5.41, 5.74) is 1.14. The van der Waals surface area contributed by atoms with Crippen LogP contribution in [0.25, 0.3) is 0 Å². The third-order valence-corrected chi connectivity index (χ3v) is 3.36. The number of halogens is 1. The predicted molar refractivity (Wildman–Crippen MR) is 77.2 cm³/mol. The molecule has 0 bridgehead atoms. The number of likely N-dealkylation sites (N-methyl/N-ethyl adjacent to an activating group) is 1. The molecule has 2 rings (SSSR count). The molecule has 98 valence electrons. The Bertz CT molecular complexity index is 416. The average molecular weight is 266 g/mol. The first kappa shape index (κ1) is 13.4. The average Bonchev–Trinajstić information content (AvgIpc) is 3.18. The van der Waals surface area contributed by atoms with Gasteiger partial charge in [0.15, 0.2) is 0 Å². The molecule has 4 heteroatoms. The standard InChI is InChI=1S/C14H20ClN3/c1-3-7-18(4-2)14-13(15)8-11(10-17-14)9-16-12-5-6-12/h3,8,10,12,16H,1,4-7,9H2,2H3. The molecule has 0 unspecified atom stereocenters. The highest BCUT2D eigenvalue weighted by Gasteiger charge is 2.20. The molecule has 0 atom stereocenters. The summed E-state index contributed by atoms with van der Waals surface area (Å²) < 4.78 is 0. The van der Waals surface area contributed by atoms with Crippen molar-refractivity contribution in [2.75, 3.05) is 18.0 Å². The van der Waals surface area contributed by atoms with E-state index in [-0.39, 0.29) is 0 Å². The number of hydrogen-bond donors (Lipinski definition) is 1. The minimum atomic E-state index is 0.705. The topological polar surface area (TPSA) is 28.2 Å². The molecule has 1 aliphatic carbocycles. The minimum absolute atomic E-state index is 0.705. The van der Waals surface area contributed by atoms with Crippen molar-refractivity contribution in [2.45, 2.75) is 32.4 Å². The summed E-state index contributed by atoms with van der Waals surface area (Å²) in [6, 6.07) is 2.71. The quantitative estimate of drug-likeness (QED) is 0.769. The van der Waals surface area contributed by atoms with Crippen LogP contribution in [0.2, 0.25) is 5.02 Å². The monoisotopic (exact) mass is 265 g/mol. The molecule has 3 nitrogen and oxygen atoms in total. The summed E-state index contributed by atoms with van der Waals surface area (Å²) >= 11 is 6.30. The van der Waals surface area contributed by atoms with E-state index in [0.29, 0.717) is 11.1 Å². The molecule has 0 saturated heterocycles. The zero-order valence-corrected chi connectivity index (χ0v) is 11.6. The second-order valence-electron chi connectivity index (χ2n) is 4.63. The van der Waals surface area contributed by atoms with Crippen molar-refractivity contribution in [3.05, 3.63) is 35.5 Å². The van der Waals surface area contributed by atoms with Gasteiger partial charge in [-0.25, -0.2) is 4.98 Å². The normalized spacial score (nSPS) is 14.6. The highest BCUT2D eigenvalue weighted by molar-refractivity contribution is 6.33. The third-order valence-electron chi connectivity index (χ3n) is 3.08. The lowest BCUT2D eigenvalue weighted by Crippen LogP contribution is -2.24. The number of anilines is 1. The largest absolute Gasteiger partial charge is 0.352 e. The highest BCUT2D eigenvalue weighted by Crippen LogP contribution is 2.25. The first-order chi connectivity index (χ1) is 8.74. The van der Waals surface area contributed by atoms with E-state index in [0.717, 1.165) is 31.0 Å². The molecular weight excluding hydrogens is 246 g/mol. The molecule has 0 aromatic carbocycles. The van der Waals surface area contributed by atoms with Crippen LogP contribution in [0, 0.1) is 0 Å². The van der Waals surface area contributed by atoms with Gasteiger partial charge in [0.1, 0.15) is 5.82 Å². The Morgan fingerprint density at radius 3 is 2.94 bits per heavy atom. The van der Waals surface area contributed by atoms with Crippen molar-refractivity contribution in [1.29, 1.82) is 0 Å². The molecule has 18 heavy (non-hydrogen) atoms. The Kier molecular flexibility index (Phi) is 4.61. The zero-order valence-electron chi connectivity index (χ0n) is 10.8. The lowest BCUT2D eigenvalue weighted by molar-refractivity contribution is 0.685. The van der Waals surface area contributed by atoms with Crippen LogP contribution in [0.4, 0.5) is 5.82 Å². The van der Waals surface area contributed by atoms with Crippen LogP contribution < -0.4 is 10.2 Å². The molecule has 1 fully saturated rings. The van der Waals surface area contributed by atoms with E-state index in [2.05, 4.69) is 28.7 Å². The summed E-state index contributed by atoms with van der Waals surface area (Å²) in [4.78, 5) is 6.58. The van der Waals surface area contributed by atoms with Gasteiger partial charge < -0.3 is 10.2 Å². The first-order valence-electron chi connectivity index (χ1n) is 6.48. The number of nitrogens with zero attached hydrogens (tertiary/aromatic N) is 2. The summed E-state index contributed by atoms with van der Waals surface area (Å²) in [6.45, 7) is 8.33. The van der Waals surface area contributed by atoms with Crippen LogP contribution in [0.15, 0.2) is 24.9 Å². The van der Waals surface area contributed by atoms with Gasteiger partial charge >= 0.3 is 0 Å². The Hall–Kier alpha value is -1.06. The maximum Gasteiger partial charge on any atom is 0.147 e. The number of pyridine rings is 1. The number of rotatable bonds is 7. The van der Waals surface area contributed by atoms with E-state index in [1.54, 1.807) is 0 Å². The Balaban J connectivity index is 2.04. The fourth-order valence-corrected chi connectivity index (χ4v) is 2.18. The van der Waals surface area contributed by atoms with Gasteiger partial charge in [-0.1, -0.05) is 17.7 Å². The van der Waals surface area contributed by atoms with Crippen LogP contribution in [-0.4, -0.2) is 24.1 Å². The molecule has 1 aliphatic rings. The van der Waals surface area contributed by atoms with Gasteiger partial charge in [0.25, 0.3) is 0 Å². The van der Waals surface area contributed by atoms with E-state index in [1.165, 1.54) is 12.8 Å². The van der Waals surface area contributed by atoms with Gasteiger partial charge in [0.05, 0.1) is 5.02 Å². The fourth-order valence-electron chi connectivity index (χ4n) is 1.87. The summed E-state index contributed by atoms with van der Waals surface area (Å²) in [7, 11) is 0. The van der Waals surface area contributed by atoms with Crippen molar-refractivity contribution < 1.29 is 0 Å². The minimum Gasteiger partial charge on any atom is -0.352 e. The van der Waals surface area contributed by atoms with Crippen LogP contribution in [-0.2, 0) is 6.54 Å². The van der Waals surface area contributed by atoms with E-state index in [1.807, 2.05) is 18.3 Å². The second-order valence-corrected chi connectivity index (χ2v) is 5.04.